The topological polar surface area (TPSA) is 66.0 Å². The van der Waals surface area contributed by atoms with Crippen molar-refractivity contribution in [3.8, 4) is 6.08 Å². The first-order valence-corrected chi connectivity index (χ1v) is 7.64. The van der Waals surface area contributed by atoms with Crippen LogP contribution >= 0.6 is 0 Å². The standard InChI is InChI=1S/C17H19FN4O2/c1-17(2,3)22-10-13(9-19-22)11-23-16-20-15(21-24-16)8-12-4-6-14(18)7-5-12/h4-7,9-10H,8,11H2,1-3H3. The van der Waals surface area contributed by atoms with Gasteiger partial charge in [-0.15, -0.1) is 0 Å². The molecule has 0 aliphatic rings. The number of aromatic nitrogens is 4. The summed E-state index contributed by atoms with van der Waals surface area (Å²) in [6.07, 6.45) is 4.24. The van der Waals surface area contributed by atoms with Crippen molar-refractivity contribution in [1.29, 1.82) is 0 Å². The van der Waals surface area contributed by atoms with E-state index in [4.69, 9.17) is 9.26 Å². The SMILES string of the molecule is CC(C)(C)n1cc(COc2nc(Cc3ccc(F)cc3)no2)cn1. The summed E-state index contributed by atoms with van der Waals surface area (Å²) in [4.78, 5) is 4.18. The van der Waals surface area contributed by atoms with Crippen LogP contribution in [0.15, 0.2) is 41.2 Å². The van der Waals surface area contributed by atoms with Crippen molar-refractivity contribution in [2.45, 2.75) is 39.3 Å². The summed E-state index contributed by atoms with van der Waals surface area (Å²) in [5.74, 6) is 0.216. The Balaban J connectivity index is 1.58. The van der Waals surface area contributed by atoms with Gasteiger partial charge in [-0.1, -0.05) is 17.3 Å². The van der Waals surface area contributed by atoms with E-state index < -0.39 is 0 Å². The fraction of sp³-hybridized carbons (Fsp3) is 0.353. The molecule has 0 radical (unpaired) electrons. The Bertz CT molecular complexity index is 803. The number of ether oxygens (including phenoxy) is 1. The molecular formula is C17H19FN4O2. The first kappa shape index (κ1) is 16.2. The van der Waals surface area contributed by atoms with Crippen molar-refractivity contribution in [3.63, 3.8) is 0 Å². The highest BCUT2D eigenvalue weighted by atomic mass is 19.1. The van der Waals surface area contributed by atoms with E-state index in [9.17, 15) is 4.39 Å². The van der Waals surface area contributed by atoms with Crippen LogP contribution in [0.5, 0.6) is 6.08 Å². The van der Waals surface area contributed by atoms with Crippen LogP contribution in [0.2, 0.25) is 0 Å². The predicted octanol–water partition coefficient (Wildman–Crippen LogP) is 3.33. The minimum atomic E-state index is -0.272. The monoisotopic (exact) mass is 330 g/mol. The molecule has 0 atom stereocenters. The second-order valence-corrected chi connectivity index (χ2v) is 6.53. The lowest BCUT2D eigenvalue weighted by Crippen LogP contribution is -2.21. The van der Waals surface area contributed by atoms with Crippen LogP contribution in [0.3, 0.4) is 0 Å². The third kappa shape index (κ3) is 3.98. The van der Waals surface area contributed by atoms with Gasteiger partial charge >= 0.3 is 6.08 Å². The van der Waals surface area contributed by atoms with Gasteiger partial charge in [-0.25, -0.2) is 4.39 Å². The van der Waals surface area contributed by atoms with E-state index in [1.165, 1.54) is 12.1 Å². The average molecular weight is 330 g/mol. The van der Waals surface area contributed by atoms with Gasteiger partial charge in [0.25, 0.3) is 0 Å². The van der Waals surface area contributed by atoms with Crippen LogP contribution in [0, 0.1) is 5.82 Å². The van der Waals surface area contributed by atoms with Gasteiger partial charge in [-0.2, -0.15) is 10.1 Å². The molecule has 0 saturated carbocycles. The van der Waals surface area contributed by atoms with Crippen LogP contribution in [-0.2, 0) is 18.6 Å². The minimum absolute atomic E-state index is 0.0783. The summed E-state index contributed by atoms with van der Waals surface area (Å²) in [5, 5.41) is 8.17. The maximum atomic E-state index is 12.9. The molecule has 1 aromatic carbocycles. The number of halogens is 1. The molecule has 126 valence electrons. The zero-order valence-electron chi connectivity index (χ0n) is 13.9. The highest BCUT2D eigenvalue weighted by Crippen LogP contribution is 2.16. The molecule has 0 aliphatic carbocycles. The molecule has 0 unspecified atom stereocenters. The second kappa shape index (κ2) is 6.43. The Hall–Kier alpha value is -2.70. The Morgan fingerprint density at radius 2 is 1.92 bits per heavy atom. The molecule has 3 rings (SSSR count). The van der Waals surface area contributed by atoms with E-state index in [0.29, 0.717) is 18.9 Å². The number of nitrogens with zero attached hydrogens (tertiary/aromatic N) is 4. The predicted molar refractivity (Wildman–Crippen MR) is 85.1 cm³/mol. The lowest BCUT2D eigenvalue weighted by molar-refractivity contribution is 0.195. The van der Waals surface area contributed by atoms with Gasteiger partial charge < -0.3 is 4.74 Å². The summed E-state index contributed by atoms with van der Waals surface area (Å²) in [5.41, 5.74) is 1.74. The van der Waals surface area contributed by atoms with E-state index in [1.807, 2.05) is 10.9 Å². The van der Waals surface area contributed by atoms with Gasteiger partial charge in [0, 0.05) is 18.2 Å². The maximum Gasteiger partial charge on any atom is 0.417 e. The van der Waals surface area contributed by atoms with E-state index in [1.54, 1.807) is 18.3 Å². The summed E-state index contributed by atoms with van der Waals surface area (Å²) in [7, 11) is 0. The van der Waals surface area contributed by atoms with Crippen LogP contribution in [0.25, 0.3) is 0 Å². The largest absolute Gasteiger partial charge is 0.444 e. The molecule has 0 aliphatic heterocycles. The highest BCUT2D eigenvalue weighted by molar-refractivity contribution is 5.19. The molecule has 7 heteroatoms. The average Bonchev–Trinajstić information content (AvgIpc) is 3.16. The Morgan fingerprint density at radius 1 is 1.17 bits per heavy atom. The molecular weight excluding hydrogens is 311 g/mol. The molecule has 0 saturated heterocycles. The third-order valence-electron chi connectivity index (χ3n) is 3.41. The van der Waals surface area contributed by atoms with Gasteiger partial charge in [-0.3, -0.25) is 9.20 Å². The van der Waals surface area contributed by atoms with E-state index in [-0.39, 0.29) is 17.4 Å². The van der Waals surface area contributed by atoms with Crippen LogP contribution in [0.4, 0.5) is 4.39 Å². The molecule has 0 amide bonds. The number of hydrogen-bond acceptors (Lipinski definition) is 5. The van der Waals surface area contributed by atoms with Gasteiger partial charge in [-0.05, 0) is 38.5 Å². The minimum Gasteiger partial charge on any atom is -0.444 e. The van der Waals surface area contributed by atoms with Crippen molar-refractivity contribution >= 4 is 0 Å². The number of hydrogen-bond donors (Lipinski definition) is 0. The van der Waals surface area contributed by atoms with Crippen molar-refractivity contribution in [1.82, 2.24) is 19.9 Å². The number of benzene rings is 1. The third-order valence-corrected chi connectivity index (χ3v) is 3.41. The summed E-state index contributed by atoms with van der Waals surface area (Å²) >= 11 is 0. The molecule has 0 fully saturated rings. The van der Waals surface area contributed by atoms with Gasteiger partial charge in [0.05, 0.1) is 11.7 Å². The van der Waals surface area contributed by atoms with Crippen molar-refractivity contribution in [3.05, 3.63) is 59.4 Å². The Kier molecular flexibility index (Phi) is 4.33. The quantitative estimate of drug-likeness (QED) is 0.718. The molecule has 3 aromatic rings. The lowest BCUT2D eigenvalue weighted by Gasteiger charge is -2.18. The molecule has 2 heterocycles. The molecule has 2 aromatic heterocycles. The smallest absolute Gasteiger partial charge is 0.417 e. The fourth-order valence-electron chi connectivity index (χ4n) is 2.10. The fourth-order valence-corrected chi connectivity index (χ4v) is 2.10. The molecule has 24 heavy (non-hydrogen) atoms. The lowest BCUT2D eigenvalue weighted by atomic mass is 10.1. The second-order valence-electron chi connectivity index (χ2n) is 6.53. The summed E-state index contributed by atoms with van der Waals surface area (Å²) in [6.45, 7) is 6.52. The zero-order chi connectivity index (χ0) is 17.2. The normalized spacial score (nSPS) is 11.7. The highest BCUT2D eigenvalue weighted by Gasteiger charge is 2.15. The molecule has 0 N–H and O–H groups in total. The van der Waals surface area contributed by atoms with Crippen molar-refractivity contribution in [2.75, 3.05) is 0 Å². The van der Waals surface area contributed by atoms with Gasteiger partial charge in [0.2, 0.25) is 0 Å². The maximum absolute atomic E-state index is 12.9. The molecule has 0 spiro atoms. The molecule has 6 nitrogen and oxygen atoms in total. The van der Waals surface area contributed by atoms with Crippen LogP contribution in [-0.4, -0.2) is 19.9 Å². The van der Waals surface area contributed by atoms with E-state index in [2.05, 4.69) is 36.0 Å². The van der Waals surface area contributed by atoms with E-state index >= 15 is 0 Å². The van der Waals surface area contributed by atoms with Gasteiger partial charge in [0.1, 0.15) is 12.4 Å². The Labute approximate surface area is 139 Å². The summed E-state index contributed by atoms with van der Waals surface area (Å²) in [6, 6.07) is 6.18. The van der Waals surface area contributed by atoms with E-state index in [0.717, 1.165) is 11.1 Å². The number of rotatable bonds is 5. The van der Waals surface area contributed by atoms with Crippen LogP contribution < -0.4 is 4.74 Å². The first-order chi connectivity index (χ1) is 11.4. The van der Waals surface area contributed by atoms with Crippen molar-refractivity contribution < 1.29 is 13.7 Å². The van der Waals surface area contributed by atoms with Crippen LogP contribution in [0.1, 0.15) is 37.7 Å². The summed E-state index contributed by atoms with van der Waals surface area (Å²) < 4.78 is 25.3. The zero-order valence-corrected chi connectivity index (χ0v) is 13.9. The first-order valence-electron chi connectivity index (χ1n) is 7.64. The van der Waals surface area contributed by atoms with Gasteiger partial charge in [0.15, 0.2) is 5.82 Å². The Morgan fingerprint density at radius 3 is 2.58 bits per heavy atom. The van der Waals surface area contributed by atoms with Crippen molar-refractivity contribution in [2.24, 2.45) is 0 Å². The molecule has 0 bridgehead atoms.